The average Bonchev–Trinajstić information content (AvgIpc) is 2.89. The summed E-state index contributed by atoms with van der Waals surface area (Å²) in [5, 5.41) is 0. The van der Waals surface area contributed by atoms with E-state index in [0.717, 1.165) is 24.3 Å². The summed E-state index contributed by atoms with van der Waals surface area (Å²) < 4.78 is 6.27. The molecule has 9 heteroatoms. The molecule has 0 spiro atoms. The molecule has 0 saturated carbocycles. The van der Waals surface area contributed by atoms with Gasteiger partial charge in [0.1, 0.15) is 5.82 Å². The molecular weight excluding hydrogens is 458 g/mol. The molecule has 9 nitrogen and oxygen atoms in total. The van der Waals surface area contributed by atoms with E-state index in [1.807, 2.05) is 44.2 Å². The number of nitrogens with zero attached hydrogens (tertiary/aromatic N) is 3. The summed E-state index contributed by atoms with van der Waals surface area (Å²) in [5.74, 6) is -0.0987. The van der Waals surface area contributed by atoms with Crippen molar-refractivity contribution in [2.45, 2.75) is 26.4 Å². The van der Waals surface area contributed by atoms with E-state index >= 15 is 0 Å². The van der Waals surface area contributed by atoms with Crippen LogP contribution in [-0.2, 0) is 11.3 Å². The van der Waals surface area contributed by atoms with Gasteiger partial charge in [0.15, 0.2) is 0 Å². The van der Waals surface area contributed by atoms with Crippen molar-refractivity contribution in [1.82, 2.24) is 14.5 Å². The van der Waals surface area contributed by atoms with Crippen LogP contribution in [0.2, 0.25) is 0 Å². The average molecular weight is 492 g/mol. The van der Waals surface area contributed by atoms with Crippen LogP contribution in [0.1, 0.15) is 41.4 Å². The smallest absolute Gasteiger partial charge is 0.337 e. The molecule has 3 aromatic rings. The molecule has 2 aromatic carbocycles. The second-order valence-corrected chi connectivity index (χ2v) is 9.44. The number of hydrogen-bond donors (Lipinski definition) is 2. The first-order chi connectivity index (χ1) is 17.3. The Morgan fingerprint density at radius 1 is 1.00 bits per heavy atom. The van der Waals surface area contributed by atoms with Crippen molar-refractivity contribution < 1.29 is 9.53 Å². The number of nitrogens with one attached hydrogen (secondary N) is 1. The summed E-state index contributed by atoms with van der Waals surface area (Å²) in [7, 11) is 1.34. The molecule has 1 aromatic heterocycles. The Labute approximate surface area is 210 Å². The molecule has 3 N–H and O–H groups in total. The lowest BCUT2D eigenvalue weighted by atomic mass is 9.96. The molecule has 1 saturated heterocycles. The fraction of sp³-hybridized carbons (Fsp3) is 0.370. The second kappa shape index (κ2) is 10.8. The van der Waals surface area contributed by atoms with Crippen LogP contribution in [0.25, 0.3) is 0 Å². The number of esters is 1. The van der Waals surface area contributed by atoms with Crippen LogP contribution in [0.5, 0.6) is 0 Å². The van der Waals surface area contributed by atoms with Gasteiger partial charge >= 0.3 is 11.7 Å². The molecule has 0 radical (unpaired) electrons. The monoisotopic (exact) mass is 491 g/mol. The lowest BCUT2D eigenvalue weighted by Crippen LogP contribution is -2.49. The van der Waals surface area contributed by atoms with Crippen molar-refractivity contribution in [2.24, 2.45) is 5.92 Å². The summed E-state index contributed by atoms with van der Waals surface area (Å²) in [6, 6.07) is 16.7. The number of para-hydroxylation sites is 1. The first kappa shape index (κ1) is 25.2. The quantitative estimate of drug-likeness (QED) is 0.488. The zero-order valence-electron chi connectivity index (χ0n) is 20.9. The first-order valence-electron chi connectivity index (χ1n) is 12.1. The van der Waals surface area contributed by atoms with Gasteiger partial charge in [-0.15, -0.1) is 0 Å². The van der Waals surface area contributed by atoms with Crippen molar-refractivity contribution in [3.63, 3.8) is 0 Å². The highest BCUT2D eigenvalue weighted by Gasteiger charge is 2.31. The standard InChI is InChI=1S/C27H33N5O4/c1-18(2)17-32-24(28)22(25(33)29-27(32)35)23(19-9-11-20(12-10-19)26(34)36-3)31-15-13-30(14-16-31)21-7-5-4-6-8-21/h4-12,18,23H,13-17,28H2,1-3H3,(H,29,33,35). The van der Waals surface area contributed by atoms with Crippen LogP contribution < -0.4 is 21.9 Å². The summed E-state index contributed by atoms with van der Waals surface area (Å²) in [6.45, 7) is 7.27. The summed E-state index contributed by atoms with van der Waals surface area (Å²) in [6.07, 6.45) is 0. The Morgan fingerprint density at radius 3 is 2.22 bits per heavy atom. The van der Waals surface area contributed by atoms with Gasteiger partial charge in [-0.25, -0.2) is 9.59 Å². The minimum absolute atomic E-state index is 0.163. The highest BCUT2D eigenvalue weighted by atomic mass is 16.5. The number of aromatic nitrogens is 2. The van der Waals surface area contributed by atoms with Crippen molar-refractivity contribution in [1.29, 1.82) is 0 Å². The van der Waals surface area contributed by atoms with Crippen molar-refractivity contribution in [3.05, 3.63) is 92.1 Å². The van der Waals surface area contributed by atoms with E-state index in [-0.39, 0.29) is 11.7 Å². The summed E-state index contributed by atoms with van der Waals surface area (Å²) in [5.41, 5.74) is 8.24. The van der Waals surface area contributed by atoms with Crippen molar-refractivity contribution >= 4 is 17.5 Å². The van der Waals surface area contributed by atoms with E-state index in [1.54, 1.807) is 12.1 Å². The second-order valence-electron chi connectivity index (χ2n) is 9.44. The van der Waals surface area contributed by atoms with Crippen LogP contribution in [-0.4, -0.2) is 53.7 Å². The van der Waals surface area contributed by atoms with E-state index in [1.165, 1.54) is 11.7 Å². The lowest BCUT2D eigenvalue weighted by Gasteiger charge is -2.40. The Kier molecular flexibility index (Phi) is 7.59. The number of ether oxygens (including phenoxy) is 1. The van der Waals surface area contributed by atoms with Gasteiger partial charge < -0.3 is 15.4 Å². The fourth-order valence-corrected chi connectivity index (χ4v) is 4.77. The molecule has 36 heavy (non-hydrogen) atoms. The highest BCUT2D eigenvalue weighted by molar-refractivity contribution is 5.89. The van der Waals surface area contributed by atoms with Gasteiger partial charge in [-0.05, 0) is 35.7 Å². The predicted octanol–water partition coefficient (Wildman–Crippen LogP) is 2.47. The number of rotatable bonds is 7. The number of benzene rings is 2. The number of hydrogen-bond acceptors (Lipinski definition) is 7. The maximum atomic E-state index is 13.2. The van der Waals surface area contributed by atoms with E-state index in [0.29, 0.717) is 30.8 Å². The van der Waals surface area contributed by atoms with Gasteiger partial charge in [0.05, 0.1) is 24.3 Å². The van der Waals surface area contributed by atoms with Crippen LogP contribution in [0.4, 0.5) is 11.5 Å². The Hall–Kier alpha value is -3.85. The van der Waals surface area contributed by atoms with Crippen LogP contribution in [0, 0.1) is 5.92 Å². The molecule has 0 aliphatic carbocycles. The van der Waals surface area contributed by atoms with Gasteiger partial charge in [0, 0.05) is 38.4 Å². The first-order valence-corrected chi connectivity index (χ1v) is 12.1. The molecule has 1 atom stereocenters. The number of H-pyrrole nitrogens is 1. The molecule has 1 fully saturated rings. The largest absolute Gasteiger partial charge is 0.465 e. The van der Waals surface area contributed by atoms with Gasteiger partial charge in [0.25, 0.3) is 5.56 Å². The minimum Gasteiger partial charge on any atom is -0.465 e. The third-order valence-electron chi connectivity index (χ3n) is 6.55. The van der Waals surface area contributed by atoms with E-state index in [4.69, 9.17) is 10.5 Å². The number of methoxy groups -OCH3 is 1. The van der Waals surface area contributed by atoms with Gasteiger partial charge in [-0.2, -0.15) is 0 Å². The normalized spacial score (nSPS) is 15.2. The number of nitrogen functional groups attached to an aromatic ring is 1. The van der Waals surface area contributed by atoms with Gasteiger partial charge in [-0.1, -0.05) is 44.2 Å². The number of piperazine rings is 1. The molecule has 2 heterocycles. The molecule has 4 rings (SSSR count). The van der Waals surface area contributed by atoms with Gasteiger partial charge in [-0.3, -0.25) is 19.2 Å². The van der Waals surface area contributed by atoms with E-state index in [9.17, 15) is 14.4 Å². The highest BCUT2D eigenvalue weighted by Crippen LogP contribution is 2.31. The number of anilines is 2. The summed E-state index contributed by atoms with van der Waals surface area (Å²) >= 11 is 0. The van der Waals surface area contributed by atoms with Crippen LogP contribution >= 0.6 is 0 Å². The Morgan fingerprint density at radius 2 is 1.64 bits per heavy atom. The topological polar surface area (TPSA) is 114 Å². The van der Waals surface area contributed by atoms with Crippen molar-refractivity contribution in [3.8, 4) is 0 Å². The third-order valence-corrected chi connectivity index (χ3v) is 6.55. The van der Waals surface area contributed by atoms with E-state index in [2.05, 4.69) is 26.9 Å². The number of carbonyl (C=O) groups excluding carboxylic acids is 1. The van der Waals surface area contributed by atoms with Crippen molar-refractivity contribution in [2.75, 3.05) is 43.9 Å². The number of nitrogens with two attached hydrogens (primary N) is 1. The van der Waals surface area contributed by atoms with Gasteiger partial charge in [0.2, 0.25) is 0 Å². The minimum atomic E-state index is -0.511. The molecule has 190 valence electrons. The Bertz CT molecular complexity index is 1310. The lowest BCUT2D eigenvalue weighted by molar-refractivity contribution is 0.0600. The SMILES string of the molecule is COC(=O)c1ccc(C(c2c(N)n(CC(C)C)c(=O)[nH]c2=O)N2CCN(c3ccccc3)CC2)cc1. The third kappa shape index (κ3) is 5.21. The summed E-state index contributed by atoms with van der Waals surface area (Å²) in [4.78, 5) is 44.8. The molecule has 1 aliphatic heterocycles. The number of carbonyl (C=O) groups is 1. The maximum Gasteiger partial charge on any atom is 0.337 e. The predicted molar refractivity (Wildman–Crippen MR) is 140 cm³/mol. The number of aromatic amines is 1. The molecule has 0 bridgehead atoms. The van der Waals surface area contributed by atoms with Crippen LogP contribution in [0.15, 0.2) is 64.2 Å². The fourth-order valence-electron chi connectivity index (χ4n) is 4.77. The Balaban J connectivity index is 1.75. The zero-order valence-corrected chi connectivity index (χ0v) is 20.9. The molecule has 0 amide bonds. The molecular formula is C27H33N5O4. The van der Waals surface area contributed by atoms with E-state index < -0.39 is 23.3 Å². The molecule has 1 aliphatic rings. The zero-order chi connectivity index (χ0) is 25.8. The maximum absolute atomic E-state index is 13.2. The van der Waals surface area contributed by atoms with Crippen LogP contribution in [0.3, 0.4) is 0 Å². The molecule has 1 unspecified atom stereocenters.